The zero-order valence-corrected chi connectivity index (χ0v) is 10.8. The average Bonchev–Trinajstić information content (AvgIpc) is 2.64. The van der Waals surface area contributed by atoms with Gasteiger partial charge in [-0.3, -0.25) is 4.57 Å². The third-order valence-corrected chi connectivity index (χ3v) is 3.02. The van der Waals surface area contributed by atoms with Gasteiger partial charge in [0.2, 0.25) is 0 Å². The summed E-state index contributed by atoms with van der Waals surface area (Å²) in [5.74, 6) is -0.262. The molecule has 0 fully saturated rings. The number of aromatic carboxylic acids is 1. The van der Waals surface area contributed by atoms with E-state index in [-0.39, 0.29) is 5.69 Å². The molecule has 18 heavy (non-hydrogen) atoms. The van der Waals surface area contributed by atoms with Gasteiger partial charge in [-0.2, -0.15) is 0 Å². The SMILES string of the molecule is CCc1ccc(-n2c(C)nc(C)c2C(=O)O)cc1. The van der Waals surface area contributed by atoms with E-state index in [1.54, 1.807) is 11.5 Å². The molecule has 94 valence electrons. The standard InChI is InChI=1S/C14H16N2O2/c1-4-11-5-7-12(8-6-11)16-10(3)15-9(2)13(16)14(17)18/h5-8H,4H2,1-3H3,(H,17,18). The van der Waals surface area contributed by atoms with Gasteiger partial charge in [-0.25, -0.2) is 9.78 Å². The minimum atomic E-state index is -0.951. The van der Waals surface area contributed by atoms with E-state index in [9.17, 15) is 9.90 Å². The van der Waals surface area contributed by atoms with Crippen LogP contribution in [0.1, 0.15) is 34.5 Å². The van der Waals surface area contributed by atoms with E-state index in [1.807, 2.05) is 31.2 Å². The lowest BCUT2D eigenvalue weighted by Gasteiger charge is -2.08. The molecule has 0 spiro atoms. The lowest BCUT2D eigenvalue weighted by molar-refractivity contribution is 0.0687. The molecule has 0 radical (unpaired) electrons. The largest absolute Gasteiger partial charge is 0.477 e. The summed E-state index contributed by atoms with van der Waals surface area (Å²) in [6.07, 6.45) is 0.966. The van der Waals surface area contributed by atoms with Gasteiger partial charge in [-0.05, 0) is 38.0 Å². The maximum absolute atomic E-state index is 11.3. The zero-order valence-electron chi connectivity index (χ0n) is 10.8. The van der Waals surface area contributed by atoms with Crippen LogP contribution in [0.25, 0.3) is 5.69 Å². The number of nitrogens with zero attached hydrogens (tertiary/aromatic N) is 2. The smallest absolute Gasteiger partial charge is 0.354 e. The Morgan fingerprint density at radius 1 is 1.28 bits per heavy atom. The first-order valence-corrected chi connectivity index (χ1v) is 5.93. The van der Waals surface area contributed by atoms with Gasteiger partial charge in [0.1, 0.15) is 5.82 Å². The third kappa shape index (κ3) is 2.01. The normalized spacial score (nSPS) is 10.6. The number of rotatable bonds is 3. The second-order valence-corrected chi connectivity index (χ2v) is 4.25. The summed E-state index contributed by atoms with van der Waals surface area (Å²) >= 11 is 0. The van der Waals surface area contributed by atoms with Crippen molar-refractivity contribution in [2.45, 2.75) is 27.2 Å². The van der Waals surface area contributed by atoms with Crippen LogP contribution in [-0.4, -0.2) is 20.6 Å². The molecule has 0 bridgehead atoms. The van der Waals surface area contributed by atoms with Crippen molar-refractivity contribution in [1.82, 2.24) is 9.55 Å². The molecule has 0 aliphatic rings. The summed E-state index contributed by atoms with van der Waals surface area (Å²) in [7, 11) is 0. The maximum Gasteiger partial charge on any atom is 0.354 e. The highest BCUT2D eigenvalue weighted by molar-refractivity contribution is 5.88. The van der Waals surface area contributed by atoms with Gasteiger partial charge < -0.3 is 5.11 Å². The number of hydrogen-bond acceptors (Lipinski definition) is 2. The third-order valence-electron chi connectivity index (χ3n) is 3.02. The number of benzene rings is 1. The highest BCUT2D eigenvalue weighted by atomic mass is 16.4. The number of carboxylic acid groups (broad SMARTS) is 1. The molecule has 4 heteroatoms. The number of carbonyl (C=O) groups is 1. The lowest BCUT2D eigenvalue weighted by Crippen LogP contribution is -2.09. The summed E-state index contributed by atoms with van der Waals surface area (Å²) in [4.78, 5) is 15.5. The Morgan fingerprint density at radius 2 is 1.89 bits per heavy atom. The van der Waals surface area contributed by atoms with Gasteiger partial charge in [0.15, 0.2) is 5.69 Å². The monoisotopic (exact) mass is 244 g/mol. The van der Waals surface area contributed by atoms with E-state index < -0.39 is 5.97 Å². The molecule has 0 aliphatic carbocycles. The summed E-state index contributed by atoms with van der Waals surface area (Å²) in [6.45, 7) is 5.62. The summed E-state index contributed by atoms with van der Waals surface area (Å²) in [5, 5.41) is 9.26. The van der Waals surface area contributed by atoms with Crippen LogP contribution in [0.4, 0.5) is 0 Å². The number of aromatic nitrogens is 2. The molecule has 0 atom stereocenters. The van der Waals surface area contributed by atoms with E-state index in [4.69, 9.17) is 0 Å². The molecule has 0 amide bonds. The lowest BCUT2D eigenvalue weighted by atomic mass is 10.1. The first-order chi connectivity index (χ1) is 8.54. The number of imidazole rings is 1. The van der Waals surface area contributed by atoms with Gasteiger partial charge in [0.25, 0.3) is 0 Å². The fraction of sp³-hybridized carbons (Fsp3) is 0.286. The van der Waals surface area contributed by atoms with Crippen LogP contribution >= 0.6 is 0 Å². The molecule has 1 N–H and O–H groups in total. The van der Waals surface area contributed by atoms with Crippen molar-refractivity contribution < 1.29 is 9.90 Å². The van der Waals surface area contributed by atoms with Gasteiger partial charge in [-0.1, -0.05) is 19.1 Å². The predicted molar refractivity (Wildman–Crippen MR) is 69.4 cm³/mol. The topological polar surface area (TPSA) is 55.1 Å². The molecule has 1 aromatic carbocycles. The number of carboxylic acids is 1. The summed E-state index contributed by atoms with van der Waals surface area (Å²) < 4.78 is 1.68. The molecule has 1 aromatic heterocycles. The Balaban J connectivity index is 2.59. The van der Waals surface area contributed by atoms with E-state index in [1.165, 1.54) is 5.56 Å². The quantitative estimate of drug-likeness (QED) is 0.903. The van der Waals surface area contributed by atoms with Crippen molar-refractivity contribution in [3.8, 4) is 5.69 Å². The van der Waals surface area contributed by atoms with Crippen molar-refractivity contribution in [3.05, 3.63) is 47.0 Å². The molecule has 1 heterocycles. The van der Waals surface area contributed by atoms with Crippen molar-refractivity contribution >= 4 is 5.97 Å². The predicted octanol–water partition coefficient (Wildman–Crippen LogP) is 2.75. The van der Waals surface area contributed by atoms with Crippen LogP contribution in [-0.2, 0) is 6.42 Å². The van der Waals surface area contributed by atoms with Crippen LogP contribution in [0.15, 0.2) is 24.3 Å². The Labute approximate surface area is 106 Å². The summed E-state index contributed by atoms with van der Waals surface area (Å²) in [6, 6.07) is 7.88. The fourth-order valence-electron chi connectivity index (χ4n) is 2.12. The first kappa shape index (κ1) is 12.4. The van der Waals surface area contributed by atoms with Crippen LogP contribution in [0.2, 0.25) is 0 Å². The van der Waals surface area contributed by atoms with Crippen LogP contribution < -0.4 is 0 Å². The summed E-state index contributed by atoms with van der Waals surface area (Å²) in [5.41, 5.74) is 2.84. The Bertz CT molecular complexity index is 583. The van der Waals surface area contributed by atoms with E-state index in [0.717, 1.165) is 12.1 Å². The van der Waals surface area contributed by atoms with E-state index >= 15 is 0 Å². The van der Waals surface area contributed by atoms with Crippen LogP contribution in [0.5, 0.6) is 0 Å². The highest BCUT2D eigenvalue weighted by Gasteiger charge is 2.18. The molecular formula is C14H16N2O2. The van der Waals surface area contributed by atoms with Crippen LogP contribution in [0, 0.1) is 13.8 Å². The van der Waals surface area contributed by atoms with Crippen molar-refractivity contribution in [2.24, 2.45) is 0 Å². The Kier molecular flexibility index (Phi) is 3.19. The molecule has 0 saturated heterocycles. The minimum absolute atomic E-state index is 0.233. The van der Waals surface area contributed by atoms with E-state index in [0.29, 0.717) is 11.5 Å². The molecular weight excluding hydrogens is 228 g/mol. The average molecular weight is 244 g/mol. The number of hydrogen-bond donors (Lipinski definition) is 1. The van der Waals surface area contributed by atoms with Crippen molar-refractivity contribution in [3.63, 3.8) is 0 Å². The van der Waals surface area contributed by atoms with Crippen molar-refractivity contribution in [1.29, 1.82) is 0 Å². The van der Waals surface area contributed by atoms with Gasteiger partial charge in [0.05, 0.1) is 5.69 Å². The zero-order chi connectivity index (χ0) is 13.3. The second kappa shape index (κ2) is 4.64. The molecule has 4 nitrogen and oxygen atoms in total. The molecule has 2 rings (SSSR count). The van der Waals surface area contributed by atoms with Gasteiger partial charge in [-0.15, -0.1) is 0 Å². The first-order valence-electron chi connectivity index (χ1n) is 5.93. The van der Waals surface area contributed by atoms with E-state index in [2.05, 4.69) is 11.9 Å². The fourth-order valence-corrected chi connectivity index (χ4v) is 2.12. The molecule has 0 unspecified atom stereocenters. The Hall–Kier alpha value is -2.10. The number of aryl methyl sites for hydroxylation is 3. The molecule has 0 aliphatic heterocycles. The second-order valence-electron chi connectivity index (χ2n) is 4.25. The molecule has 0 saturated carbocycles. The Morgan fingerprint density at radius 3 is 2.39 bits per heavy atom. The minimum Gasteiger partial charge on any atom is -0.477 e. The van der Waals surface area contributed by atoms with Crippen LogP contribution in [0.3, 0.4) is 0 Å². The van der Waals surface area contributed by atoms with Gasteiger partial charge >= 0.3 is 5.97 Å². The highest BCUT2D eigenvalue weighted by Crippen LogP contribution is 2.18. The molecule has 2 aromatic rings. The van der Waals surface area contributed by atoms with Crippen molar-refractivity contribution in [2.75, 3.05) is 0 Å². The van der Waals surface area contributed by atoms with Gasteiger partial charge in [0, 0.05) is 5.69 Å². The maximum atomic E-state index is 11.3.